The summed E-state index contributed by atoms with van der Waals surface area (Å²) in [4.78, 5) is 44.0. The van der Waals surface area contributed by atoms with Crippen LogP contribution in [-0.4, -0.2) is 49.2 Å². The van der Waals surface area contributed by atoms with E-state index in [-0.39, 0.29) is 30.5 Å². The number of aliphatic hydroxyl groups excluding tert-OH is 1. The minimum atomic E-state index is -1.05. The molecule has 1 aliphatic carbocycles. The molecule has 2 aromatic heterocycles. The Morgan fingerprint density at radius 2 is 1.86 bits per heavy atom. The van der Waals surface area contributed by atoms with Crippen LogP contribution < -0.4 is 5.56 Å². The molecule has 0 radical (unpaired) electrons. The molecule has 0 aromatic carbocycles. The lowest BCUT2D eigenvalue weighted by molar-refractivity contribution is -0.145. The molecule has 2 fully saturated rings. The molecule has 4 heterocycles. The number of hydrogen-bond donors (Lipinski definition) is 2. The van der Waals surface area contributed by atoms with Crippen molar-refractivity contribution in [2.45, 2.75) is 31.5 Å². The first kappa shape index (κ1) is 18.1. The predicted molar refractivity (Wildman–Crippen MR) is 102 cm³/mol. The molecule has 2 aromatic rings. The zero-order valence-electron chi connectivity index (χ0n) is 15.6. The largest absolute Gasteiger partial charge is 0.481 e. The minimum absolute atomic E-state index is 0.0564. The molecule has 2 N–H and O–H groups in total. The number of pyridine rings is 2. The van der Waals surface area contributed by atoms with Crippen molar-refractivity contribution in [3.63, 3.8) is 0 Å². The van der Waals surface area contributed by atoms with Crippen LogP contribution in [0.5, 0.6) is 0 Å². The molecule has 0 spiro atoms. The topological polar surface area (TPSA) is 113 Å². The van der Waals surface area contributed by atoms with Crippen LogP contribution >= 0.6 is 0 Å². The molecule has 1 saturated heterocycles. The van der Waals surface area contributed by atoms with Crippen LogP contribution in [0.2, 0.25) is 0 Å². The van der Waals surface area contributed by atoms with E-state index in [9.17, 15) is 24.6 Å². The van der Waals surface area contributed by atoms with Gasteiger partial charge in [-0.2, -0.15) is 0 Å². The molecule has 150 valence electrons. The molecule has 4 atom stereocenters. The van der Waals surface area contributed by atoms with Crippen molar-refractivity contribution in [2.75, 3.05) is 6.61 Å². The van der Waals surface area contributed by atoms with Crippen molar-refractivity contribution in [1.82, 2.24) is 14.5 Å². The Bertz CT molecular complexity index is 1050. The molecule has 2 bridgehead atoms. The van der Waals surface area contributed by atoms with Crippen LogP contribution in [0, 0.1) is 17.8 Å². The summed E-state index contributed by atoms with van der Waals surface area (Å²) < 4.78 is 1.59. The van der Waals surface area contributed by atoms with Crippen LogP contribution in [0.4, 0.5) is 0 Å². The van der Waals surface area contributed by atoms with Crippen molar-refractivity contribution in [3.8, 4) is 11.1 Å². The third-order valence-electron chi connectivity index (χ3n) is 6.50. The van der Waals surface area contributed by atoms with E-state index in [0.717, 1.165) is 18.4 Å². The maximum atomic E-state index is 13.3. The van der Waals surface area contributed by atoms with Gasteiger partial charge >= 0.3 is 5.97 Å². The number of carbonyl (C=O) groups is 2. The second-order valence-corrected chi connectivity index (χ2v) is 8.07. The third-order valence-corrected chi connectivity index (χ3v) is 6.50. The zero-order chi connectivity index (χ0) is 20.3. The van der Waals surface area contributed by atoms with E-state index >= 15 is 0 Å². The van der Waals surface area contributed by atoms with Crippen molar-refractivity contribution in [2.24, 2.45) is 17.8 Å². The molecule has 1 amide bonds. The molecule has 29 heavy (non-hydrogen) atoms. The fraction of sp³-hybridized carbons (Fsp3) is 0.429. The Morgan fingerprint density at radius 3 is 2.48 bits per heavy atom. The Morgan fingerprint density at radius 1 is 1.14 bits per heavy atom. The van der Waals surface area contributed by atoms with Crippen molar-refractivity contribution in [1.29, 1.82) is 0 Å². The summed E-state index contributed by atoms with van der Waals surface area (Å²) in [6.07, 6.45) is 4.84. The highest BCUT2D eigenvalue weighted by molar-refractivity contribution is 5.84. The van der Waals surface area contributed by atoms with Crippen molar-refractivity contribution < 1.29 is 19.8 Å². The van der Waals surface area contributed by atoms with Crippen LogP contribution in [0.3, 0.4) is 0 Å². The summed E-state index contributed by atoms with van der Waals surface area (Å²) in [5.74, 6) is -2.72. The number of fused-ring (bicyclic) bond motifs is 4. The van der Waals surface area contributed by atoms with Crippen molar-refractivity contribution >= 4 is 11.9 Å². The smallest absolute Gasteiger partial charge is 0.309 e. The summed E-state index contributed by atoms with van der Waals surface area (Å²) in [5, 5.41) is 19.9. The van der Waals surface area contributed by atoms with Crippen LogP contribution in [0.25, 0.3) is 11.1 Å². The maximum absolute atomic E-state index is 13.3. The second kappa shape index (κ2) is 6.52. The summed E-state index contributed by atoms with van der Waals surface area (Å²) in [7, 11) is 0. The first-order chi connectivity index (χ1) is 14.0. The summed E-state index contributed by atoms with van der Waals surface area (Å²) in [6.45, 7) is -0.149. The van der Waals surface area contributed by atoms with Crippen LogP contribution in [0.15, 0.2) is 41.5 Å². The second-order valence-electron chi connectivity index (χ2n) is 8.07. The number of aliphatic carboxylic acids is 1. The molecule has 8 heteroatoms. The van der Waals surface area contributed by atoms with Gasteiger partial charge in [-0.3, -0.25) is 19.4 Å². The standard InChI is InChI=1S/C21H21N3O5/c25-10-14-16-9-23-15(4-3-13(20(23)27)11-5-7-22-8-6-11)18(17(14)21(28)29)24(16)19(26)12-1-2-12/h3-8,12,14,16-18,25H,1-2,9-10H2,(H,28,29)/t14-,16-,17+,18+/m0/s1. The van der Waals surface area contributed by atoms with Gasteiger partial charge in [0, 0.05) is 48.6 Å². The molecule has 5 rings (SSSR count). The number of hydrogen-bond acceptors (Lipinski definition) is 5. The van der Waals surface area contributed by atoms with E-state index in [4.69, 9.17) is 0 Å². The number of carboxylic acids is 1. The van der Waals surface area contributed by atoms with E-state index < -0.39 is 29.9 Å². The number of amides is 1. The summed E-state index contributed by atoms with van der Waals surface area (Å²) in [5.41, 5.74) is 1.55. The normalized spacial score (nSPS) is 27.6. The average molecular weight is 395 g/mol. The molecular formula is C21H21N3O5. The van der Waals surface area contributed by atoms with Gasteiger partial charge < -0.3 is 19.7 Å². The van der Waals surface area contributed by atoms with E-state index in [1.165, 1.54) is 0 Å². The maximum Gasteiger partial charge on any atom is 0.309 e. The first-order valence-corrected chi connectivity index (χ1v) is 9.83. The lowest BCUT2D eigenvalue weighted by atomic mass is 9.87. The number of aromatic nitrogens is 2. The molecule has 8 nitrogen and oxygen atoms in total. The Hall–Kier alpha value is -3.00. The van der Waals surface area contributed by atoms with Gasteiger partial charge in [0.1, 0.15) is 0 Å². The van der Waals surface area contributed by atoms with Crippen LogP contribution in [0.1, 0.15) is 24.6 Å². The zero-order valence-corrected chi connectivity index (χ0v) is 15.6. The van der Waals surface area contributed by atoms with Gasteiger partial charge in [-0.25, -0.2) is 0 Å². The quantitative estimate of drug-likeness (QED) is 0.795. The van der Waals surface area contributed by atoms with E-state index in [0.29, 0.717) is 11.3 Å². The summed E-state index contributed by atoms with van der Waals surface area (Å²) >= 11 is 0. The predicted octanol–water partition coefficient (Wildman–Crippen LogP) is 0.895. The Balaban J connectivity index is 1.67. The van der Waals surface area contributed by atoms with E-state index in [2.05, 4.69) is 4.98 Å². The van der Waals surface area contributed by atoms with Gasteiger partial charge in [0.2, 0.25) is 5.91 Å². The van der Waals surface area contributed by atoms with Crippen LogP contribution in [-0.2, 0) is 16.1 Å². The highest BCUT2D eigenvalue weighted by Crippen LogP contribution is 2.50. The SMILES string of the molecule is O=C(O)[C@@H]1[C@@H](CO)[C@@H]2Cn3c(ccc(-c4ccncc4)c3=O)[C@H]1N2C(=O)C1CC1. The van der Waals surface area contributed by atoms with Gasteiger partial charge in [-0.05, 0) is 42.7 Å². The molecule has 2 aliphatic heterocycles. The molecule has 0 unspecified atom stereocenters. The number of rotatable bonds is 4. The van der Waals surface area contributed by atoms with E-state index in [1.54, 1.807) is 46.1 Å². The van der Waals surface area contributed by atoms with Gasteiger partial charge in [-0.15, -0.1) is 0 Å². The molecule has 1 saturated carbocycles. The Labute approximate surface area is 166 Å². The monoisotopic (exact) mass is 395 g/mol. The first-order valence-electron chi connectivity index (χ1n) is 9.83. The Kier molecular flexibility index (Phi) is 4.06. The number of carbonyl (C=O) groups excluding carboxylic acids is 1. The fourth-order valence-electron chi connectivity index (χ4n) is 4.98. The summed E-state index contributed by atoms with van der Waals surface area (Å²) in [6, 6.07) is 5.70. The average Bonchev–Trinajstić information content (AvgIpc) is 3.53. The van der Waals surface area contributed by atoms with Gasteiger partial charge in [-0.1, -0.05) is 0 Å². The number of aliphatic hydroxyl groups is 1. The molecular weight excluding hydrogens is 374 g/mol. The number of carboxylic acid groups (broad SMARTS) is 1. The van der Waals surface area contributed by atoms with E-state index in [1.807, 2.05) is 0 Å². The number of nitrogens with zero attached hydrogens (tertiary/aromatic N) is 3. The minimum Gasteiger partial charge on any atom is -0.481 e. The van der Waals surface area contributed by atoms with Gasteiger partial charge in [0.15, 0.2) is 0 Å². The fourth-order valence-corrected chi connectivity index (χ4v) is 4.98. The third kappa shape index (κ3) is 2.62. The van der Waals surface area contributed by atoms with Crippen molar-refractivity contribution in [3.05, 3.63) is 52.7 Å². The highest BCUT2D eigenvalue weighted by atomic mass is 16.4. The van der Waals surface area contributed by atoms with Gasteiger partial charge in [0.25, 0.3) is 5.56 Å². The van der Waals surface area contributed by atoms with Gasteiger partial charge in [0.05, 0.1) is 18.0 Å². The molecule has 3 aliphatic rings. The lowest BCUT2D eigenvalue weighted by Crippen LogP contribution is -2.49. The highest BCUT2D eigenvalue weighted by Gasteiger charge is 2.59. The lowest BCUT2D eigenvalue weighted by Gasteiger charge is -2.38.